The minimum absolute atomic E-state index is 0.499. The van der Waals surface area contributed by atoms with Gasteiger partial charge in [-0.2, -0.15) is 5.10 Å². The van der Waals surface area contributed by atoms with Gasteiger partial charge in [0.1, 0.15) is 10.9 Å². The molecule has 0 fully saturated rings. The van der Waals surface area contributed by atoms with Crippen molar-refractivity contribution in [2.24, 2.45) is 0 Å². The Morgan fingerprint density at radius 2 is 2.10 bits per heavy atom. The van der Waals surface area contributed by atoms with E-state index in [0.717, 1.165) is 27.9 Å². The van der Waals surface area contributed by atoms with Crippen LogP contribution in [0.2, 0.25) is 5.15 Å². The Kier molecular flexibility index (Phi) is 3.32. The second-order valence-electron chi connectivity index (χ2n) is 4.65. The van der Waals surface area contributed by atoms with Gasteiger partial charge in [-0.05, 0) is 31.2 Å². The van der Waals surface area contributed by atoms with Gasteiger partial charge in [0.2, 0.25) is 0 Å². The summed E-state index contributed by atoms with van der Waals surface area (Å²) in [6.07, 6.45) is 1.93. The Morgan fingerprint density at radius 1 is 1.25 bits per heavy atom. The Morgan fingerprint density at radius 3 is 2.80 bits per heavy atom. The first-order valence-corrected chi connectivity index (χ1v) is 6.67. The highest BCUT2D eigenvalue weighted by Gasteiger charge is 2.07. The van der Waals surface area contributed by atoms with Crippen LogP contribution in [0.3, 0.4) is 0 Å². The second kappa shape index (κ2) is 5.13. The van der Waals surface area contributed by atoms with Gasteiger partial charge in [-0.15, -0.1) is 0 Å². The van der Waals surface area contributed by atoms with Crippen LogP contribution in [-0.4, -0.2) is 21.9 Å². The van der Waals surface area contributed by atoms with Gasteiger partial charge in [-0.1, -0.05) is 11.6 Å². The molecule has 0 spiro atoms. The third-order valence-corrected chi connectivity index (χ3v) is 3.48. The first-order chi connectivity index (χ1) is 9.65. The number of rotatable bonds is 3. The van der Waals surface area contributed by atoms with Gasteiger partial charge in [-0.3, -0.25) is 4.68 Å². The van der Waals surface area contributed by atoms with Crippen LogP contribution >= 0.6 is 11.6 Å². The highest BCUT2D eigenvalue weighted by atomic mass is 35.5. The number of ether oxygens (including phenoxy) is 1. The Labute approximate surface area is 122 Å². The first kappa shape index (κ1) is 12.9. The van der Waals surface area contributed by atoms with Crippen LogP contribution in [0, 0.1) is 6.92 Å². The Bertz CT molecular complexity index is 767. The molecular formula is C15H14ClN3O. The zero-order valence-electron chi connectivity index (χ0n) is 11.3. The molecule has 3 aromatic rings. The van der Waals surface area contributed by atoms with Gasteiger partial charge >= 0.3 is 0 Å². The number of halogens is 1. The molecule has 102 valence electrons. The highest BCUT2D eigenvalue weighted by molar-refractivity contribution is 6.30. The fourth-order valence-electron chi connectivity index (χ4n) is 2.13. The zero-order chi connectivity index (χ0) is 14.1. The van der Waals surface area contributed by atoms with Gasteiger partial charge in [0.05, 0.1) is 24.9 Å². The molecule has 0 saturated carbocycles. The van der Waals surface area contributed by atoms with Crippen LogP contribution in [0.25, 0.3) is 10.9 Å². The van der Waals surface area contributed by atoms with Crippen LogP contribution < -0.4 is 4.74 Å². The summed E-state index contributed by atoms with van der Waals surface area (Å²) in [4.78, 5) is 4.43. The molecule has 0 bridgehead atoms. The number of fused-ring (bicyclic) bond motifs is 1. The maximum atomic E-state index is 6.26. The van der Waals surface area contributed by atoms with Crippen molar-refractivity contribution >= 4 is 22.5 Å². The zero-order valence-corrected chi connectivity index (χ0v) is 12.1. The third-order valence-electron chi connectivity index (χ3n) is 3.16. The molecule has 0 aliphatic rings. The second-order valence-corrected chi connectivity index (χ2v) is 5.01. The van der Waals surface area contributed by atoms with E-state index in [1.54, 1.807) is 7.11 Å². The molecule has 0 aliphatic carbocycles. The lowest BCUT2D eigenvalue weighted by molar-refractivity contribution is 0.415. The fraction of sp³-hybridized carbons (Fsp3) is 0.200. The molecule has 2 aromatic heterocycles. The van der Waals surface area contributed by atoms with E-state index in [2.05, 4.69) is 10.1 Å². The minimum atomic E-state index is 0.499. The summed E-state index contributed by atoms with van der Waals surface area (Å²) >= 11 is 6.26. The van der Waals surface area contributed by atoms with Crippen LogP contribution in [-0.2, 0) is 6.54 Å². The monoisotopic (exact) mass is 287 g/mol. The van der Waals surface area contributed by atoms with Gasteiger partial charge < -0.3 is 4.74 Å². The minimum Gasteiger partial charge on any atom is -0.497 e. The normalized spacial score (nSPS) is 10.9. The van der Waals surface area contributed by atoms with E-state index >= 15 is 0 Å². The smallest absolute Gasteiger partial charge is 0.134 e. The van der Waals surface area contributed by atoms with E-state index in [4.69, 9.17) is 16.3 Å². The molecule has 20 heavy (non-hydrogen) atoms. The van der Waals surface area contributed by atoms with E-state index in [-0.39, 0.29) is 0 Å². The lowest BCUT2D eigenvalue weighted by atomic mass is 10.1. The van der Waals surface area contributed by atoms with E-state index in [9.17, 15) is 0 Å². The fourth-order valence-corrected chi connectivity index (χ4v) is 2.34. The van der Waals surface area contributed by atoms with Crippen LogP contribution in [0.4, 0.5) is 0 Å². The quantitative estimate of drug-likeness (QED) is 0.693. The Balaban J connectivity index is 2.01. The molecule has 4 nitrogen and oxygen atoms in total. The van der Waals surface area contributed by atoms with Gasteiger partial charge in [0, 0.05) is 23.2 Å². The number of benzene rings is 1. The number of aryl methyl sites for hydroxylation is 1. The molecule has 2 heterocycles. The molecular weight excluding hydrogens is 274 g/mol. The van der Waals surface area contributed by atoms with Crippen molar-refractivity contribution < 1.29 is 4.74 Å². The molecule has 5 heteroatoms. The average Bonchev–Trinajstić information content (AvgIpc) is 2.84. The van der Waals surface area contributed by atoms with Gasteiger partial charge in [0.15, 0.2) is 0 Å². The standard InChI is InChI=1S/C15H14ClN3O/c1-10-5-6-19(18-10)9-12-7-11-3-4-13(20-2)8-14(11)17-15(12)16/h3-8H,9H2,1-2H3. The summed E-state index contributed by atoms with van der Waals surface area (Å²) in [5.41, 5.74) is 2.77. The van der Waals surface area contributed by atoms with Crippen molar-refractivity contribution in [2.45, 2.75) is 13.5 Å². The van der Waals surface area contributed by atoms with Crippen LogP contribution in [0.5, 0.6) is 5.75 Å². The molecule has 0 saturated heterocycles. The van der Waals surface area contributed by atoms with Gasteiger partial charge in [-0.25, -0.2) is 4.98 Å². The summed E-state index contributed by atoms with van der Waals surface area (Å²) in [6, 6.07) is 9.78. The third kappa shape index (κ3) is 2.47. The van der Waals surface area contributed by atoms with Crippen molar-refractivity contribution in [1.82, 2.24) is 14.8 Å². The van der Waals surface area contributed by atoms with E-state index in [0.29, 0.717) is 11.7 Å². The maximum Gasteiger partial charge on any atom is 0.134 e. The molecule has 0 aliphatic heterocycles. The van der Waals surface area contributed by atoms with Crippen LogP contribution in [0.1, 0.15) is 11.3 Å². The lowest BCUT2D eigenvalue weighted by Crippen LogP contribution is -2.02. The largest absolute Gasteiger partial charge is 0.497 e. The van der Waals surface area contributed by atoms with Crippen molar-refractivity contribution in [3.8, 4) is 5.75 Å². The lowest BCUT2D eigenvalue weighted by Gasteiger charge is -2.07. The molecule has 0 N–H and O–H groups in total. The predicted molar refractivity (Wildman–Crippen MR) is 79.4 cm³/mol. The number of nitrogens with zero attached hydrogens (tertiary/aromatic N) is 3. The number of pyridine rings is 1. The summed E-state index contributed by atoms with van der Waals surface area (Å²) in [5.74, 6) is 0.775. The maximum absolute atomic E-state index is 6.26. The van der Waals surface area contributed by atoms with Crippen molar-refractivity contribution in [3.63, 3.8) is 0 Å². The number of hydrogen-bond donors (Lipinski definition) is 0. The average molecular weight is 288 g/mol. The number of methoxy groups -OCH3 is 1. The topological polar surface area (TPSA) is 39.9 Å². The SMILES string of the molecule is COc1ccc2cc(Cn3ccc(C)n3)c(Cl)nc2c1. The molecule has 0 atom stereocenters. The van der Waals surface area contributed by atoms with Crippen molar-refractivity contribution in [2.75, 3.05) is 7.11 Å². The summed E-state index contributed by atoms with van der Waals surface area (Å²) in [7, 11) is 1.64. The summed E-state index contributed by atoms with van der Waals surface area (Å²) < 4.78 is 7.05. The van der Waals surface area contributed by atoms with E-state index in [1.807, 2.05) is 48.1 Å². The van der Waals surface area contributed by atoms with Crippen molar-refractivity contribution in [1.29, 1.82) is 0 Å². The number of aromatic nitrogens is 3. The molecule has 0 radical (unpaired) electrons. The first-order valence-electron chi connectivity index (χ1n) is 6.29. The highest BCUT2D eigenvalue weighted by Crippen LogP contribution is 2.24. The summed E-state index contributed by atoms with van der Waals surface area (Å²) in [5, 5.41) is 5.90. The van der Waals surface area contributed by atoms with E-state index < -0.39 is 0 Å². The molecule has 0 unspecified atom stereocenters. The van der Waals surface area contributed by atoms with E-state index in [1.165, 1.54) is 0 Å². The van der Waals surface area contributed by atoms with Crippen molar-refractivity contribution in [3.05, 3.63) is 52.9 Å². The number of hydrogen-bond acceptors (Lipinski definition) is 3. The Hall–Kier alpha value is -2.07. The molecule has 3 rings (SSSR count). The predicted octanol–water partition coefficient (Wildman–Crippen LogP) is 3.45. The van der Waals surface area contributed by atoms with Gasteiger partial charge in [0.25, 0.3) is 0 Å². The molecule has 0 amide bonds. The summed E-state index contributed by atoms with van der Waals surface area (Å²) in [6.45, 7) is 2.57. The van der Waals surface area contributed by atoms with Crippen LogP contribution in [0.15, 0.2) is 36.5 Å². The molecule has 1 aromatic carbocycles.